The van der Waals surface area contributed by atoms with Crippen molar-refractivity contribution >= 4 is 12.0 Å². The van der Waals surface area contributed by atoms with Crippen LogP contribution in [0.3, 0.4) is 0 Å². The van der Waals surface area contributed by atoms with E-state index >= 15 is 0 Å². The van der Waals surface area contributed by atoms with Crippen LogP contribution in [0.2, 0.25) is 0 Å². The molecular weight excluding hydrogens is 310 g/mol. The molecule has 0 aliphatic rings. The van der Waals surface area contributed by atoms with E-state index in [0.717, 1.165) is 12.0 Å². The van der Waals surface area contributed by atoms with Crippen molar-refractivity contribution in [1.82, 2.24) is 15.2 Å². The number of oxazole rings is 1. The maximum atomic E-state index is 12.4. The maximum Gasteiger partial charge on any atom is 0.360 e. The first-order valence-electron chi connectivity index (χ1n) is 7.73. The van der Waals surface area contributed by atoms with E-state index in [0.29, 0.717) is 19.0 Å². The normalized spacial score (nSPS) is 10.2. The Bertz CT molecular complexity index is 669. The summed E-state index contributed by atoms with van der Waals surface area (Å²) < 4.78 is 9.83. The summed E-state index contributed by atoms with van der Waals surface area (Å²) in [6, 6.07) is 9.45. The SMILES string of the molecule is CCCN(Cc1nc(C(=O)OC)co1)C(=O)NCc1ccccc1. The Labute approximate surface area is 140 Å². The van der Waals surface area contributed by atoms with Gasteiger partial charge in [0.2, 0.25) is 5.89 Å². The number of hydrogen-bond acceptors (Lipinski definition) is 5. The summed E-state index contributed by atoms with van der Waals surface area (Å²) in [5, 5.41) is 2.87. The van der Waals surface area contributed by atoms with Crippen LogP contribution in [0.25, 0.3) is 0 Å². The van der Waals surface area contributed by atoms with Crippen LogP contribution in [0.5, 0.6) is 0 Å². The Morgan fingerprint density at radius 2 is 2.04 bits per heavy atom. The lowest BCUT2D eigenvalue weighted by atomic mass is 10.2. The van der Waals surface area contributed by atoms with Crippen molar-refractivity contribution in [1.29, 1.82) is 0 Å². The Morgan fingerprint density at radius 1 is 1.29 bits per heavy atom. The van der Waals surface area contributed by atoms with Crippen LogP contribution in [0.1, 0.15) is 35.3 Å². The highest BCUT2D eigenvalue weighted by molar-refractivity contribution is 5.86. The van der Waals surface area contributed by atoms with Crippen LogP contribution in [0.4, 0.5) is 4.79 Å². The monoisotopic (exact) mass is 331 g/mol. The molecule has 0 fully saturated rings. The second-order valence-electron chi connectivity index (χ2n) is 5.18. The zero-order valence-electron chi connectivity index (χ0n) is 13.8. The first-order chi connectivity index (χ1) is 11.6. The van der Waals surface area contributed by atoms with Crippen molar-refractivity contribution in [2.75, 3.05) is 13.7 Å². The maximum absolute atomic E-state index is 12.4. The number of carbonyl (C=O) groups excluding carboxylic acids is 2. The van der Waals surface area contributed by atoms with E-state index in [2.05, 4.69) is 15.0 Å². The third kappa shape index (κ3) is 4.84. The molecule has 1 heterocycles. The lowest BCUT2D eigenvalue weighted by molar-refractivity contribution is 0.0594. The smallest absolute Gasteiger partial charge is 0.360 e. The molecule has 7 nitrogen and oxygen atoms in total. The van der Waals surface area contributed by atoms with Gasteiger partial charge in [-0.25, -0.2) is 14.6 Å². The van der Waals surface area contributed by atoms with Gasteiger partial charge in [-0.2, -0.15) is 0 Å². The Hall–Kier alpha value is -2.83. The van der Waals surface area contributed by atoms with Gasteiger partial charge in [-0.3, -0.25) is 0 Å². The number of nitrogens with zero attached hydrogens (tertiary/aromatic N) is 2. The minimum Gasteiger partial charge on any atom is -0.464 e. The molecule has 0 aliphatic heterocycles. The van der Waals surface area contributed by atoms with Crippen molar-refractivity contribution in [3.63, 3.8) is 0 Å². The fraction of sp³-hybridized carbons (Fsp3) is 0.353. The number of hydrogen-bond donors (Lipinski definition) is 1. The van der Waals surface area contributed by atoms with Gasteiger partial charge >= 0.3 is 12.0 Å². The molecule has 2 rings (SSSR count). The largest absolute Gasteiger partial charge is 0.464 e. The number of esters is 1. The molecule has 1 N–H and O–H groups in total. The summed E-state index contributed by atoms with van der Waals surface area (Å²) in [6.07, 6.45) is 2.02. The van der Waals surface area contributed by atoms with Crippen molar-refractivity contribution in [2.24, 2.45) is 0 Å². The van der Waals surface area contributed by atoms with Gasteiger partial charge < -0.3 is 19.4 Å². The Kier molecular flexibility index (Phi) is 6.36. The van der Waals surface area contributed by atoms with Crippen LogP contribution in [0, 0.1) is 0 Å². The molecule has 2 amide bonds. The van der Waals surface area contributed by atoms with Crippen LogP contribution >= 0.6 is 0 Å². The van der Waals surface area contributed by atoms with E-state index in [4.69, 9.17) is 4.42 Å². The molecule has 24 heavy (non-hydrogen) atoms. The summed E-state index contributed by atoms with van der Waals surface area (Å²) in [6.45, 7) is 3.16. The molecule has 0 aliphatic carbocycles. The highest BCUT2D eigenvalue weighted by atomic mass is 16.5. The van der Waals surface area contributed by atoms with Crippen molar-refractivity contribution < 1.29 is 18.7 Å². The standard InChI is InChI=1S/C17H21N3O4/c1-3-9-20(11-15-19-14(12-24-15)16(21)23-2)17(22)18-10-13-7-5-4-6-8-13/h4-8,12H,3,9-11H2,1-2H3,(H,18,22). The number of amides is 2. The number of aromatic nitrogens is 1. The number of methoxy groups -OCH3 is 1. The van der Waals surface area contributed by atoms with E-state index in [1.807, 2.05) is 37.3 Å². The molecule has 0 spiro atoms. The molecule has 0 bridgehead atoms. The van der Waals surface area contributed by atoms with Crippen molar-refractivity contribution in [3.05, 3.63) is 53.7 Å². The highest BCUT2D eigenvalue weighted by Crippen LogP contribution is 2.08. The molecule has 128 valence electrons. The third-order valence-corrected chi connectivity index (χ3v) is 3.34. The zero-order chi connectivity index (χ0) is 17.4. The molecular formula is C17H21N3O4. The lowest BCUT2D eigenvalue weighted by Crippen LogP contribution is -2.39. The number of rotatable bonds is 7. The number of nitrogens with one attached hydrogen (secondary N) is 1. The second kappa shape index (κ2) is 8.71. The number of urea groups is 1. The van der Waals surface area contributed by atoms with Gasteiger partial charge in [0.1, 0.15) is 6.26 Å². The van der Waals surface area contributed by atoms with Gasteiger partial charge in [-0.1, -0.05) is 37.3 Å². The molecule has 1 aromatic heterocycles. The number of carbonyl (C=O) groups is 2. The van der Waals surface area contributed by atoms with Gasteiger partial charge in [0.25, 0.3) is 0 Å². The average Bonchev–Trinajstić information content (AvgIpc) is 3.08. The second-order valence-corrected chi connectivity index (χ2v) is 5.18. The Balaban J connectivity index is 1.96. The van der Waals surface area contributed by atoms with E-state index < -0.39 is 5.97 Å². The molecule has 2 aromatic rings. The van der Waals surface area contributed by atoms with Crippen LogP contribution in [-0.4, -0.2) is 35.5 Å². The van der Waals surface area contributed by atoms with Crippen LogP contribution in [-0.2, 0) is 17.8 Å². The topological polar surface area (TPSA) is 84.7 Å². The fourth-order valence-electron chi connectivity index (χ4n) is 2.15. The summed E-state index contributed by atoms with van der Waals surface area (Å²) in [4.78, 5) is 29.4. The summed E-state index contributed by atoms with van der Waals surface area (Å²) in [7, 11) is 1.27. The van der Waals surface area contributed by atoms with Gasteiger partial charge in [-0.15, -0.1) is 0 Å². The van der Waals surface area contributed by atoms with Gasteiger partial charge in [0, 0.05) is 13.1 Å². The third-order valence-electron chi connectivity index (χ3n) is 3.34. The van der Waals surface area contributed by atoms with E-state index in [-0.39, 0.29) is 18.3 Å². The summed E-state index contributed by atoms with van der Waals surface area (Å²) in [5.74, 6) is -0.278. The fourth-order valence-corrected chi connectivity index (χ4v) is 2.15. The molecule has 0 saturated carbocycles. The average molecular weight is 331 g/mol. The number of ether oxygens (including phenoxy) is 1. The first kappa shape index (κ1) is 17.5. The summed E-state index contributed by atoms with van der Waals surface area (Å²) >= 11 is 0. The minimum absolute atomic E-state index is 0.0913. The quantitative estimate of drug-likeness (QED) is 0.788. The van der Waals surface area contributed by atoms with E-state index in [1.165, 1.54) is 13.4 Å². The van der Waals surface area contributed by atoms with Crippen molar-refractivity contribution in [2.45, 2.75) is 26.4 Å². The number of benzene rings is 1. The predicted octanol–water partition coefficient (Wildman–Crippen LogP) is 2.58. The molecule has 0 atom stereocenters. The first-order valence-corrected chi connectivity index (χ1v) is 7.73. The molecule has 7 heteroatoms. The van der Waals surface area contributed by atoms with Crippen molar-refractivity contribution in [3.8, 4) is 0 Å². The predicted molar refractivity (Wildman–Crippen MR) is 87.2 cm³/mol. The van der Waals surface area contributed by atoms with Gasteiger partial charge in [0.05, 0.1) is 13.7 Å². The van der Waals surface area contributed by atoms with Gasteiger partial charge in [0.15, 0.2) is 5.69 Å². The minimum atomic E-state index is -0.569. The van der Waals surface area contributed by atoms with Gasteiger partial charge in [-0.05, 0) is 12.0 Å². The zero-order valence-corrected chi connectivity index (χ0v) is 13.8. The lowest BCUT2D eigenvalue weighted by Gasteiger charge is -2.21. The molecule has 1 aromatic carbocycles. The van der Waals surface area contributed by atoms with E-state index in [1.54, 1.807) is 4.90 Å². The van der Waals surface area contributed by atoms with Crippen LogP contribution in [0.15, 0.2) is 41.0 Å². The Morgan fingerprint density at radius 3 is 2.71 bits per heavy atom. The van der Waals surface area contributed by atoms with Crippen LogP contribution < -0.4 is 5.32 Å². The van der Waals surface area contributed by atoms with E-state index in [9.17, 15) is 9.59 Å². The summed E-state index contributed by atoms with van der Waals surface area (Å²) in [5.41, 5.74) is 1.11. The highest BCUT2D eigenvalue weighted by Gasteiger charge is 2.18. The molecule has 0 saturated heterocycles. The molecule has 0 radical (unpaired) electrons. The molecule has 0 unspecified atom stereocenters.